The number of ether oxygens (including phenoxy) is 1. The van der Waals surface area contributed by atoms with Gasteiger partial charge in [0, 0.05) is 5.56 Å². The maximum absolute atomic E-state index is 12.6. The summed E-state index contributed by atoms with van der Waals surface area (Å²) < 4.78 is 43.0. The third kappa shape index (κ3) is 3.70. The Labute approximate surface area is 128 Å². The Morgan fingerprint density at radius 2 is 1.45 bits per heavy atom. The standard InChI is InChI=1S/C18H17F3O/c1-3-4-17(22-2)15-7-5-13(6-8-15)14-9-11-16(12-10-14)18(19,20)21/h4-12H,3H2,1-2H3/b17-4+. The first-order valence-electron chi connectivity index (χ1n) is 6.98. The monoisotopic (exact) mass is 306 g/mol. The third-order valence-electron chi connectivity index (χ3n) is 3.32. The van der Waals surface area contributed by atoms with Gasteiger partial charge in [-0.05, 0) is 35.8 Å². The normalized spacial score (nSPS) is 12.3. The Morgan fingerprint density at radius 3 is 1.86 bits per heavy atom. The van der Waals surface area contributed by atoms with Crippen LogP contribution >= 0.6 is 0 Å². The van der Waals surface area contributed by atoms with Crippen molar-refractivity contribution in [2.75, 3.05) is 7.11 Å². The molecule has 116 valence electrons. The quantitative estimate of drug-likeness (QED) is 0.652. The molecule has 0 N–H and O–H groups in total. The number of benzene rings is 2. The highest BCUT2D eigenvalue weighted by Gasteiger charge is 2.29. The minimum absolute atomic E-state index is 0.639. The fourth-order valence-electron chi connectivity index (χ4n) is 2.18. The lowest BCUT2D eigenvalue weighted by Gasteiger charge is -2.09. The highest BCUT2D eigenvalue weighted by atomic mass is 19.4. The fourth-order valence-corrected chi connectivity index (χ4v) is 2.18. The molecule has 0 aromatic heterocycles. The molecule has 0 fully saturated rings. The number of rotatable bonds is 4. The molecule has 0 aliphatic carbocycles. The maximum Gasteiger partial charge on any atom is 0.416 e. The Kier molecular flexibility index (Phi) is 4.91. The molecule has 2 aromatic carbocycles. The molecule has 0 atom stereocenters. The SMILES string of the molecule is CC/C=C(/OC)c1ccc(-c2ccc(C(F)(F)F)cc2)cc1. The van der Waals surface area contributed by atoms with Crippen LogP contribution in [0.25, 0.3) is 16.9 Å². The lowest BCUT2D eigenvalue weighted by molar-refractivity contribution is -0.137. The van der Waals surface area contributed by atoms with E-state index in [9.17, 15) is 13.2 Å². The molecule has 2 rings (SSSR count). The Bertz CT molecular complexity index is 638. The molecule has 0 radical (unpaired) electrons. The second kappa shape index (κ2) is 6.69. The Morgan fingerprint density at radius 1 is 0.955 bits per heavy atom. The van der Waals surface area contributed by atoms with Crippen LogP contribution in [0.1, 0.15) is 24.5 Å². The summed E-state index contributed by atoms with van der Waals surface area (Å²) in [4.78, 5) is 0. The summed E-state index contributed by atoms with van der Waals surface area (Å²) in [6.45, 7) is 2.02. The van der Waals surface area contributed by atoms with Crippen LogP contribution in [0.2, 0.25) is 0 Å². The average Bonchev–Trinajstić information content (AvgIpc) is 2.52. The van der Waals surface area contributed by atoms with Crippen LogP contribution in [0, 0.1) is 0 Å². The first-order chi connectivity index (χ1) is 10.5. The van der Waals surface area contributed by atoms with Crippen molar-refractivity contribution in [1.82, 2.24) is 0 Å². The Hall–Kier alpha value is -2.23. The predicted octanol–water partition coefficient (Wildman–Crippen LogP) is 5.77. The molecule has 0 amide bonds. The summed E-state index contributed by atoms with van der Waals surface area (Å²) >= 11 is 0. The van der Waals surface area contributed by atoms with Crippen LogP contribution in [0.15, 0.2) is 54.6 Å². The van der Waals surface area contributed by atoms with E-state index in [1.807, 2.05) is 37.3 Å². The molecule has 0 aliphatic heterocycles. The topological polar surface area (TPSA) is 9.23 Å². The van der Waals surface area contributed by atoms with Crippen molar-refractivity contribution in [2.24, 2.45) is 0 Å². The van der Waals surface area contributed by atoms with Crippen molar-refractivity contribution in [1.29, 1.82) is 0 Å². The predicted molar refractivity (Wildman–Crippen MR) is 82.2 cm³/mol. The summed E-state index contributed by atoms with van der Waals surface area (Å²) in [6.07, 6.45) is -1.46. The summed E-state index contributed by atoms with van der Waals surface area (Å²) in [5, 5.41) is 0. The van der Waals surface area contributed by atoms with Crippen LogP contribution in [-0.4, -0.2) is 7.11 Å². The molecule has 0 heterocycles. The number of hydrogen-bond acceptors (Lipinski definition) is 1. The molecule has 0 saturated heterocycles. The van der Waals surface area contributed by atoms with Crippen LogP contribution in [0.4, 0.5) is 13.2 Å². The van der Waals surface area contributed by atoms with Crippen molar-refractivity contribution < 1.29 is 17.9 Å². The van der Waals surface area contributed by atoms with E-state index in [1.165, 1.54) is 12.1 Å². The van der Waals surface area contributed by atoms with Crippen LogP contribution in [-0.2, 0) is 10.9 Å². The largest absolute Gasteiger partial charge is 0.496 e. The number of methoxy groups -OCH3 is 1. The van der Waals surface area contributed by atoms with Gasteiger partial charge in [0.25, 0.3) is 0 Å². The maximum atomic E-state index is 12.6. The molecule has 0 spiro atoms. The first kappa shape index (κ1) is 16.1. The van der Waals surface area contributed by atoms with Crippen molar-refractivity contribution in [3.05, 3.63) is 65.7 Å². The zero-order valence-electron chi connectivity index (χ0n) is 12.4. The van der Waals surface area contributed by atoms with Crippen molar-refractivity contribution in [2.45, 2.75) is 19.5 Å². The molecule has 1 nitrogen and oxygen atoms in total. The van der Waals surface area contributed by atoms with E-state index >= 15 is 0 Å². The second-order valence-electron chi connectivity index (χ2n) is 4.83. The van der Waals surface area contributed by atoms with E-state index in [0.29, 0.717) is 0 Å². The summed E-state index contributed by atoms with van der Waals surface area (Å²) in [5.41, 5.74) is 1.92. The summed E-state index contributed by atoms with van der Waals surface area (Å²) in [7, 11) is 1.62. The van der Waals surface area contributed by atoms with Crippen molar-refractivity contribution >= 4 is 5.76 Å². The van der Waals surface area contributed by atoms with Crippen molar-refractivity contribution in [3.8, 4) is 11.1 Å². The van der Waals surface area contributed by atoms with Crippen LogP contribution in [0.5, 0.6) is 0 Å². The minimum atomic E-state index is -4.30. The van der Waals surface area contributed by atoms with Gasteiger partial charge in [-0.3, -0.25) is 0 Å². The van der Waals surface area contributed by atoms with Gasteiger partial charge in [0.05, 0.1) is 12.7 Å². The Balaban J connectivity index is 2.25. The summed E-state index contributed by atoms with van der Waals surface area (Å²) in [5.74, 6) is 0.793. The van der Waals surface area contributed by atoms with E-state index in [0.717, 1.165) is 41.0 Å². The zero-order valence-corrected chi connectivity index (χ0v) is 12.4. The van der Waals surface area contributed by atoms with Crippen LogP contribution in [0.3, 0.4) is 0 Å². The second-order valence-corrected chi connectivity index (χ2v) is 4.83. The van der Waals surface area contributed by atoms with Gasteiger partial charge < -0.3 is 4.74 Å². The lowest BCUT2D eigenvalue weighted by atomic mass is 10.0. The fraction of sp³-hybridized carbons (Fsp3) is 0.222. The molecule has 2 aromatic rings. The number of hydrogen-bond donors (Lipinski definition) is 0. The van der Waals surface area contributed by atoms with E-state index in [-0.39, 0.29) is 0 Å². The smallest absolute Gasteiger partial charge is 0.416 e. The third-order valence-corrected chi connectivity index (χ3v) is 3.32. The van der Waals surface area contributed by atoms with Gasteiger partial charge in [-0.15, -0.1) is 0 Å². The van der Waals surface area contributed by atoms with Gasteiger partial charge in [0.15, 0.2) is 0 Å². The molecule has 0 aliphatic rings. The van der Waals surface area contributed by atoms with Gasteiger partial charge in [-0.25, -0.2) is 0 Å². The number of halogens is 3. The van der Waals surface area contributed by atoms with Gasteiger partial charge in [0.1, 0.15) is 5.76 Å². The van der Waals surface area contributed by atoms with Gasteiger partial charge in [-0.1, -0.05) is 43.3 Å². The molecular formula is C18H17F3O. The first-order valence-corrected chi connectivity index (χ1v) is 6.98. The van der Waals surface area contributed by atoms with Gasteiger partial charge >= 0.3 is 6.18 Å². The molecule has 0 unspecified atom stereocenters. The molecular weight excluding hydrogens is 289 g/mol. The average molecular weight is 306 g/mol. The highest BCUT2D eigenvalue weighted by molar-refractivity contribution is 5.68. The van der Waals surface area contributed by atoms with Crippen LogP contribution < -0.4 is 0 Å². The highest BCUT2D eigenvalue weighted by Crippen LogP contribution is 2.31. The summed E-state index contributed by atoms with van der Waals surface area (Å²) in [6, 6.07) is 12.7. The van der Waals surface area contributed by atoms with E-state index < -0.39 is 11.7 Å². The lowest BCUT2D eigenvalue weighted by Crippen LogP contribution is -2.03. The number of alkyl halides is 3. The molecule has 4 heteroatoms. The number of allylic oxidation sites excluding steroid dienone is 1. The minimum Gasteiger partial charge on any atom is -0.496 e. The zero-order chi connectivity index (χ0) is 16.2. The van der Waals surface area contributed by atoms with Gasteiger partial charge in [-0.2, -0.15) is 13.2 Å². The van der Waals surface area contributed by atoms with Gasteiger partial charge in [0.2, 0.25) is 0 Å². The molecule has 0 saturated carbocycles. The molecule has 0 bridgehead atoms. The molecule has 22 heavy (non-hydrogen) atoms. The van der Waals surface area contributed by atoms with E-state index in [1.54, 1.807) is 7.11 Å². The van der Waals surface area contributed by atoms with E-state index in [2.05, 4.69) is 0 Å². The van der Waals surface area contributed by atoms with Crippen molar-refractivity contribution in [3.63, 3.8) is 0 Å². The van der Waals surface area contributed by atoms with E-state index in [4.69, 9.17) is 4.74 Å².